The summed E-state index contributed by atoms with van der Waals surface area (Å²) in [5.74, 6) is -0.909. The molecular formula is C14H26N2O4. The fourth-order valence-electron chi connectivity index (χ4n) is 2.33. The first-order valence-corrected chi connectivity index (χ1v) is 7.51. The minimum absolute atomic E-state index is 0.269. The largest absolute Gasteiger partial charge is 0.480 e. The van der Waals surface area contributed by atoms with Gasteiger partial charge in [0.1, 0.15) is 6.04 Å². The quantitative estimate of drug-likeness (QED) is 0.700. The van der Waals surface area contributed by atoms with E-state index in [-0.39, 0.29) is 6.03 Å². The van der Waals surface area contributed by atoms with E-state index in [1.165, 1.54) is 4.90 Å². The zero-order chi connectivity index (χ0) is 14.8. The first-order valence-electron chi connectivity index (χ1n) is 7.51. The van der Waals surface area contributed by atoms with E-state index in [0.29, 0.717) is 26.1 Å². The van der Waals surface area contributed by atoms with Gasteiger partial charge >= 0.3 is 12.0 Å². The highest BCUT2D eigenvalue weighted by Gasteiger charge is 2.30. The Morgan fingerprint density at radius 3 is 2.80 bits per heavy atom. The van der Waals surface area contributed by atoms with E-state index in [2.05, 4.69) is 5.32 Å². The molecule has 20 heavy (non-hydrogen) atoms. The maximum absolute atomic E-state index is 12.1. The third kappa shape index (κ3) is 5.77. The van der Waals surface area contributed by atoms with Crippen LogP contribution in [0.1, 0.15) is 45.4 Å². The van der Waals surface area contributed by atoms with Crippen molar-refractivity contribution >= 4 is 12.0 Å². The summed E-state index contributed by atoms with van der Waals surface area (Å²) in [4.78, 5) is 24.8. The monoisotopic (exact) mass is 286 g/mol. The number of carbonyl (C=O) groups excluding carboxylic acids is 1. The molecule has 0 aromatic rings. The van der Waals surface area contributed by atoms with E-state index in [0.717, 1.165) is 38.7 Å². The topological polar surface area (TPSA) is 78.9 Å². The standard InChI is InChI=1S/C14H26N2O4/c1-2-10-20-11-6-8-15-14(19)16-9-5-3-4-7-12(16)13(17)18/h12H,2-11H2,1H3,(H,15,19)(H,17,18). The van der Waals surface area contributed by atoms with Crippen molar-refractivity contribution in [2.75, 3.05) is 26.3 Å². The fourth-order valence-corrected chi connectivity index (χ4v) is 2.33. The molecule has 0 aromatic carbocycles. The second-order valence-electron chi connectivity index (χ2n) is 5.09. The second-order valence-corrected chi connectivity index (χ2v) is 5.09. The lowest BCUT2D eigenvalue weighted by atomic mass is 10.1. The van der Waals surface area contributed by atoms with Gasteiger partial charge in [-0.1, -0.05) is 19.8 Å². The SMILES string of the molecule is CCCOCCCNC(=O)N1CCCCCC1C(=O)O. The molecule has 6 nitrogen and oxygen atoms in total. The Kier molecular flexibility index (Phi) is 8.02. The Labute approximate surface area is 120 Å². The van der Waals surface area contributed by atoms with Crippen molar-refractivity contribution in [3.05, 3.63) is 0 Å². The van der Waals surface area contributed by atoms with Crippen molar-refractivity contribution in [3.8, 4) is 0 Å². The molecule has 116 valence electrons. The molecule has 0 aliphatic carbocycles. The van der Waals surface area contributed by atoms with E-state index < -0.39 is 12.0 Å². The van der Waals surface area contributed by atoms with Crippen molar-refractivity contribution < 1.29 is 19.4 Å². The molecule has 0 aromatic heterocycles. The lowest BCUT2D eigenvalue weighted by molar-refractivity contribution is -0.142. The van der Waals surface area contributed by atoms with Gasteiger partial charge in [-0.15, -0.1) is 0 Å². The summed E-state index contributed by atoms with van der Waals surface area (Å²) in [6.45, 7) is 4.45. The number of likely N-dealkylation sites (tertiary alicyclic amines) is 1. The summed E-state index contributed by atoms with van der Waals surface area (Å²) in [6, 6.07) is -0.955. The molecule has 0 spiro atoms. The molecule has 1 aliphatic heterocycles. The minimum Gasteiger partial charge on any atom is -0.480 e. The van der Waals surface area contributed by atoms with Crippen molar-refractivity contribution in [2.24, 2.45) is 0 Å². The van der Waals surface area contributed by atoms with Gasteiger partial charge in [0.25, 0.3) is 0 Å². The van der Waals surface area contributed by atoms with Crippen LogP contribution in [0.5, 0.6) is 0 Å². The van der Waals surface area contributed by atoms with Crippen LogP contribution in [-0.4, -0.2) is 54.4 Å². The van der Waals surface area contributed by atoms with Gasteiger partial charge in [0, 0.05) is 26.3 Å². The molecule has 1 saturated heterocycles. The number of hydrogen-bond donors (Lipinski definition) is 2. The predicted molar refractivity (Wildman–Crippen MR) is 75.7 cm³/mol. The molecule has 6 heteroatoms. The van der Waals surface area contributed by atoms with E-state index >= 15 is 0 Å². The van der Waals surface area contributed by atoms with Gasteiger partial charge in [-0.2, -0.15) is 0 Å². The molecule has 1 atom stereocenters. The Hall–Kier alpha value is -1.30. The van der Waals surface area contributed by atoms with Crippen LogP contribution in [0, 0.1) is 0 Å². The van der Waals surface area contributed by atoms with E-state index in [1.807, 2.05) is 6.92 Å². The van der Waals surface area contributed by atoms with E-state index in [9.17, 15) is 14.7 Å². The molecule has 0 radical (unpaired) electrons. The maximum Gasteiger partial charge on any atom is 0.326 e. The smallest absolute Gasteiger partial charge is 0.326 e. The molecule has 1 heterocycles. The summed E-state index contributed by atoms with van der Waals surface area (Å²) in [6.07, 6.45) is 5.00. The van der Waals surface area contributed by atoms with Gasteiger partial charge in [-0.3, -0.25) is 0 Å². The molecule has 1 fully saturated rings. The summed E-state index contributed by atoms with van der Waals surface area (Å²) in [5.41, 5.74) is 0. The maximum atomic E-state index is 12.1. The van der Waals surface area contributed by atoms with Crippen LogP contribution in [0.3, 0.4) is 0 Å². The number of nitrogens with one attached hydrogen (secondary N) is 1. The van der Waals surface area contributed by atoms with Crippen molar-refractivity contribution in [1.29, 1.82) is 0 Å². The molecule has 1 aliphatic rings. The second kappa shape index (κ2) is 9.58. The first-order chi connectivity index (χ1) is 9.66. The highest BCUT2D eigenvalue weighted by molar-refractivity contribution is 5.82. The number of rotatable bonds is 7. The summed E-state index contributed by atoms with van der Waals surface area (Å²) in [5, 5.41) is 12.0. The molecule has 1 unspecified atom stereocenters. The van der Waals surface area contributed by atoms with Crippen molar-refractivity contribution in [1.82, 2.24) is 10.2 Å². The van der Waals surface area contributed by atoms with Crippen LogP contribution >= 0.6 is 0 Å². The third-order valence-corrected chi connectivity index (χ3v) is 3.39. The van der Waals surface area contributed by atoms with Crippen LogP contribution in [0.2, 0.25) is 0 Å². The summed E-state index contributed by atoms with van der Waals surface area (Å²) >= 11 is 0. The number of hydrogen-bond acceptors (Lipinski definition) is 3. The zero-order valence-electron chi connectivity index (χ0n) is 12.3. The van der Waals surface area contributed by atoms with Crippen molar-refractivity contribution in [3.63, 3.8) is 0 Å². The summed E-state index contributed by atoms with van der Waals surface area (Å²) < 4.78 is 5.33. The molecule has 1 rings (SSSR count). The Morgan fingerprint density at radius 2 is 2.10 bits per heavy atom. The Morgan fingerprint density at radius 1 is 1.30 bits per heavy atom. The van der Waals surface area contributed by atoms with Crippen molar-refractivity contribution in [2.45, 2.75) is 51.5 Å². The normalized spacial score (nSPS) is 19.4. The molecule has 0 saturated carbocycles. The number of nitrogens with zero attached hydrogens (tertiary/aromatic N) is 1. The molecule has 0 bridgehead atoms. The molecular weight excluding hydrogens is 260 g/mol. The van der Waals surface area contributed by atoms with E-state index in [1.54, 1.807) is 0 Å². The van der Waals surface area contributed by atoms with Gasteiger partial charge in [0.2, 0.25) is 0 Å². The van der Waals surface area contributed by atoms with Gasteiger partial charge in [-0.25, -0.2) is 9.59 Å². The van der Waals surface area contributed by atoms with Crippen LogP contribution in [0.25, 0.3) is 0 Å². The number of carboxylic acid groups (broad SMARTS) is 1. The number of carbonyl (C=O) groups is 2. The lowest BCUT2D eigenvalue weighted by Crippen LogP contribution is -2.49. The minimum atomic E-state index is -0.909. The molecule has 2 amide bonds. The van der Waals surface area contributed by atoms with Gasteiger partial charge in [0.15, 0.2) is 0 Å². The average Bonchev–Trinajstić information content (AvgIpc) is 2.68. The lowest BCUT2D eigenvalue weighted by Gasteiger charge is -2.27. The Balaban J connectivity index is 2.33. The van der Waals surface area contributed by atoms with Crippen LogP contribution < -0.4 is 5.32 Å². The number of urea groups is 1. The van der Waals surface area contributed by atoms with E-state index in [4.69, 9.17) is 4.74 Å². The highest BCUT2D eigenvalue weighted by atomic mass is 16.5. The zero-order valence-corrected chi connectivity index (χ0v) is 12.3. The van der Waals surface area contributed by atoms with Crippen LogP contribution in [0.15, 0.2) is 0 Å². The number of aliphatic carboxylic acids is 1. The van der Waals surface area contributed by atoms with Gasteiger partial charge in [0.05, 0.1) is 0 Å². The summed E-state index contributed by atoms with van der Waals surface area (Å²) in [7, 11) is 0. The van der Waals surface area contributed by atoms with Crippen LogP contribution in [0.4, 0.5) is 4.79 Å². The predicted octanol–water partition coefficient (Wildman–Crippen LogP) is 1.84. The van der Waals surface area contributed by atoms with Crippen LogP contribution in [-0.2, 0) is 9.53 Å². The third-order valence-electron chi connectivity index (χ3n) is 3.39. The molecule has 2 N–H and O–H groups in total. The highest BCUT2D eigenvalue weighted by Crippen LogP contribution is 2.17. The number of amides is 2. The van der Waals surface area contributed by atoms with Gasteiger partial charge in [-0.05, 0) is 25.7 Å². The first kappa shape index (κ1) is 16.8. The number of ether oxygens (including phenoxy) is 1. The fraction of sp³-hybridized carbons (Fsp3) is 0.857. The van der Waals surface area contributed by atoms with Gasteiger partial charge < -0.3 is 20.1 Å². The average molecular weight is 286 g/mol. The Bertz CT molecular complexity index is 310. The number of carboxylic acids is 1.